The van der Waals surface area contributed by atoms with E-state index in [0.717, 1.165) is 6.42 Å². The van der Waals surface area contributed by atoms with E-state index in [-0.39, 0.29) is 23.4 Å². The molecule has 14 nitrogen and oxygen atoms in total. The van der Waals surface area contributed by atoms with E-state index in [1.807, 2.05) is 16.0 Å². The Morgan fingerprint density at radius 2 is 2.02 bits per heavy atom. The van der Waals surface area contributed by atoms with Gasteiger partial charge in [-0.1, -0.05) is 12.1 Å². The number of rotatable bonds is 8. The molecule has 1 atom stereocenters. The van der Waals surface area contributed by atoms with Crippen LogP contribution >= 0.6 is 19.2 Å². The largest absolute Gasteiger partial charge is 0.524 e. The fourth-order valence-corrected chi connectivity index (χ4v) is 7.33. The molecule has 1 aromatic carbocycles. The van der Waals surface area contributed by atoms with Crippen molar-refractivity contribution in [1.29, 1.82) is 0 Å². The van der Waals surface area contributed by atoms with Crippen molar-refractivity contribution in [1.82, 2.24) is 33.4 Å². The average molecular weight is 617 g/mol. The number of hydrogen-bond acceptors (Lipinski definition) is 10. The molecule has 0 radical (unpaired) electrons. The number of thiazole rings is 1. The zero-order valence-corrected chi connectivity index (χ0v) is 24.1. The third kappa shape index (κ3) is 5.75. The van der Waals surface area contributed by atoms with E-state index < -0.39 is 17.8 Å². The van der Waals surface area contributed by atoms with Crippen LogP contribution in [0.2, 0.25) is 0 Å². The summed E-state index contributed by atoms with van der Waals surface area (Å²) in [4.78, 5) is 33.0. The van der Waals surface area contributed by atoms with Crippen LogP contribution in [-0.2, 0) is 21.6 Å². The molecule has 0 bridgehead atoms. The smallest absolute Gasteiger partial charge is 0.404 e. The van der Waals surface area contributed by atoms with E-state index in [9.17, 15) is 22.8 Å². The number of hydrogen-bond donors (Lipinski definition) is 3. The second kappa shape index (κ2) is 10.6. The van der Waals surface area contributed by atoms with Crippen molar-refractivity contribution in [3.8, 4) is 28.4 Å². The molecule has 1 fully saturated rings. The highest BCUT2D eigenvalue weighted by Gasteiger charge is 2.32. The molecule has 1 aliphatic rings. The number of phosphoric acid groups is 1. The monoisotopic (exact) mass is 616 g/mol. The van der Waals surface area contributed by atoms with Crippen molar-refractivity contribution in [3.63, 3.8) is 0 Å². The number of phosphoric ester groups is 1. The van der Waals surface area contributed by atoms with Crippen LogP contribution < -0.4 is 9.84 Å². The summed E-state index contributed by atoms with van der Waals surface area (Å²) < 4.78 is 47.1. The van der Waals surface area contributed by atoms with Crippen molar-refractivity contribution in [2.45, 2.75) is 23.9 Å². The molecule has 6 rings (SSSR count). The minimum atomic E-state index is -4.74. The standard InChI is InChI=1S/C24H25N8O6PS2/c1-30-11-8-20(29-30)41(36,37)31-10-3-5-17(15-31)26-23-25-9-7-19(27-23)22-21(28-24-32(22)12-13-40-24)16-4-2-6-18(14-16)38-39(33,34)35/h2,4,6-9,11-14,17H,3,5,10,15H2,1H3,(H,25,26,27)(H2,33,34,35). The second-order valence-corrected chi connectivity index (χ2v) is 13.3. The van der Waals surface area contributed by atoms with Gasteiger partial charge in [-0.25, -0.2) is 27.9 Å². The van der Waals surface area contributed by atoms with Crippen LogP contribution in [0.4, 0.5) is 5.95 Å². The van der Waals surface area contributed by atoms with Crippen molar-refractivity contribution < 1.29 is 27.3 Å². The SMILES string of the molecule is Cn1ccc(S(=O)(=O)N2CCCC(Nc3nccc(-c4c(-c5cccc(OP(=O)(O)O)c5)nc5sccn45)n3)C2)n1. The molecule has 4 aromatic heterocycles. The number of sulfonamides is 1. The van der Waals surface area contributed by atoms with Crippen molar-refractivity contribution in [2.75, 3.05) is 18.4 Å². The Labute approximate surface area is 238 Å². The number of nitrogens with zero attached hydrogens (tertiary/aromatic N) is 7. The van der Waals surface area contributed by atoms with Gasteiger partial charge >= 0.3 is 7.82 Å². The lowest BCUT2D eigenvalue weighted by Gasteiger charge is -2.31. The lowest BCUT2D eigenvalue weighted by molar-refractivity contribution is 0.283. The quantitative estimate of drug-likeness (QED) is 0.218. The van der Waals surface area contributed by atoms with Gasteiger partial charge in [0.25, 0.3) is 10.0 Å². The summed E-state index contributed by atoms with van der Waals surface area (Å²) in [5, 5.41) is 9.27. The van der Waals surface area contributed by atoms with Gasteiger partial charge < -0.3 is 9.84 Å². The maximum absolute atomic E-state index is 13.1. The van der Waals surface area contributed by atoms with Crippen LogP contribution in [-0.4, -0.2) is 70.8 Å². The van der Waals surface area contributed by atoms with Crippen LogP contribution in [0.3, 0.4) is 0 Å². The van der Waals surface area contributed by atoms with Crippen LogP contribution in [0, 0.1) is 0 Å². The Morgan fingerprint density at radius 3 is 2.80 bits per heavy atom. The van der Waals surface area contributed by atoms with E-state index in [1.54, 1.807) is 37.6 Å². The second-order valence-electron chi connectivity index (χ2n) is 9.41. The van der Waals surface area contributed by atoms with Gasteiger partial charge in [0.15, 0.2) is 9.99 Å². The molecular weight excluding hydrogens is 591 g/mol. The molecule has 0 aliphatic carbocycles. The minimum absolute atomic E-state index is 0.00527. The van der Waals surface area contributed by atoms with Gasteiger partial charge in [0, 0.05) is 55.7 Å². The molecule has 0 amide bonds. The Morgan fingerprint density at radius 1 is 1.17 bits per heavy atom. The normalized spacial score (nSPS) is 16.7. The number of anilines is 1. The molecule has 5 heterocycles. The molecule has 17 heteroatoms. The van der Waals surface area contributed by atoms with Crippen molar-refractivity contribution >= 4 is 40.1 Å². The molecule has 214 valence electrons. The lowest BCUT2D eigenvalue weighted by Crippen LogP contribution is -2.45. The summed E-state index contributed by atoms with van der Waals surface area (Å²) in [5.41, 5.74) is 2.34. The summed E-state index contributed by atoms with van der Waals surface area (Å²) in [6.45, 7) is 0.643. The molecule has 41 heavy (non-hydrogen) atoms. The van der Waals surface area contributed by atoms with Crippen LogP contribution in [0.15, 0.2) is 65.4 Å². The van der Waals surface area contributed by atoms with Crippen molar-refractivity contribution in [3.05, 3.63) is 60.4 Å². The zero-order chi connectivity index (χ0) is 28.8. The molecule has 1 aliphatic heterocycles. The van der Waals surface area contributed by atoms with E-state index in [4.69, 9.17) is 14.5 Å². The number of aryl methyl sites for hydroxylation is 1. The Bertz CT molecular complexity index is 1880. The predicted octanol–water partition coefficient (Wildman–Crippen LogP) is 2.99. The Hall–Kier alpha value is -3.66. The summed E-state index contributed by atoms with van der Waals surface area (Å²) in [5.74, 6) is 0.338. The fraction of sp³-hybridized carbons (Fsp3) is 0.250. The molecule has 0 saturated carbocycles. The van der Waals surface area contributed by atoms with E-state index in [1.165, 1.54) is 38.5 Å². The van der Waals surface area contributed by atoms with E-state index in [0.29, 0.717) is 46.5 Å². The molecular formula is C24H25N8O6PS2. The number of imidazole rings is 1. The maximum atomic E-state index is 13.1. The molecule has 1 saturated heterocycles. The van der Waals surface area contributed by atoms with Gasteiger partial charge in [-0.15, -0.1) is 11.3 Å². The molecule has 5 aromatic rings. The topological polar surface area (TPSA) is 177 Å². The predicted molar refractivity (Wildman–Crippen MR) is 151 cm³/mol. The highest BCUT2D eigenvalue weighted by Crippen LogP contribution is 2.40. The van der Waals surface area contributed by atoms with Crippen LogP contribution in [0.5, 0.6) is 5.75 Å². The summed E-state index contributed by atoms with van der Waals surface area (Å²) in [6.07, 6.45) is 6.47. The maximum Gasteiger partial charge on any atom is 0.524 e. The molecule has 0 spiro atoms. The molecule has 1 unspecified atom stereocenters. The summed E-state index contributed by atoms with van der Waals surface area (Å²) in [6, 6.07) is 9.36. The van der Waals surface area contributed by atoms with Gasteiger partial charge in [-0.3, -0.25) is 18.9 Å². The number of benzene rings is 1. The Balaban J connectivity index is 1.29. The first-order valence-corrected chi connectivity index (χ1v) is 16.3. The summed E-state index contributed by atoms with van der Waals surface area (Å²) >= 11 is 1.43. The van der Waals surface area contributed by atoms with Gasteiger partial charge in [0.2, 0.25) is 5.95 Å². The number of fused-ring (bicyclic) bond motifs is 1. The van der Waals surface area contributed by atoms with E-state index in [2.05, 4.69) is 15.4 Å². The third-order valence-electron chi connectivity index (χ3n) is 6.50. The van der Waals surface area contributed by atoms with Gasteiger partial charge in [-0.2, -0.15) is 9.40 Å². The first-order valence-electron chi connectivity index (χ1n) is 12.5. The average Bonchev–Trinajstić information content (AvgIpc) is 3.65. The first-order chi connectivity index (χ1) is 19.6. The van der Waals surface area contributed by atoms with E-state index >= 15 is 0 Å². The Kier molecular flexibility index (Phi) is 7.13. The lowest BCUT2D eigenvalue weighted by atomic mass is 10.1. The third-order valence-corrected chi connectivity index (χ3v) is 9.47. The minimum Gasteiger partial charge on any atom is -0.404 e. The number of nitrogens with one attached hydrogen (secondary N) is 1. The van der Waals surface area contributed by atoms with Gasteiger partial charge in [0.05, 0.1) is 11.4 Å². The zero-order valence-electron chi connectivity index (χ0n) is 21.6. The van der Waals surface area contributed by atoms with Crippen molar-refractivity contribution in [2.24, 2.45) is 7.05 Å². The van der Waals surface area contributed by atoms with Gasteiger partial charge in [-0.05, 0) is 37.1 Å². The fourth-order valence-electron chi connectivity index (χ4n) is 4.75. The van der Waals surface area contributed by atoms with Crippen LogP contribution in [0.1, 0.15) is 12.8 Å². The molecule has 3 N–H and O–H groups in total. The summed E-state index contributed by atoms with van der Waals surface area (Å²) in [7, 11) is -6.79. The number of piperidine rings is 1. The highest BCUT2D eigenvalue weighted by atomic mass is 32.2. The highest BCUT2D eigenvalue weighted by molar-refractivity contribution is 7.89. The number of aromatic nitrogens is 6. The van der Waals surface area contributed by atoms with Crippen LogP contribution in [0.25, 0.3) is 27.6 Å². The van der Waals surface area contributed by atoms with Gasteiger partial charge in [0.1, 0.15) is 11.4 Å². The first kappa shape index (κ1) is 27.5.